The van der Waals surface area contributed by atoms with Gasteiger partial charge in [-0.05, 0) is 24.3 Å². The SMILES string of the molecule is C[Si](C)(C)C#CC(O)c1ccccc1C#Cc1cccc(O)c1. The van der Waals surface area contributed by atoms with Crippen LogP contribution in [-0.2, 0) is 0 Å². The molecule has 3 heteroatoms. The van der Waals surface area contributed by atoms with Gasteiger partial charge in [0.05, 0.1) is 0 Å². The number of rotatable bonds is 1. The fourth-order valence-electron chi connectivity index (χ4n) is 1.94. The van der Waals surface area contributed by atoms with Crippen molar-refractivity contribution in [3.63, 3.8) is 0 Å². The van der Waals surface area contributed by atoms with Crippen LogP contribution in [0.25, 0.3) is 0 Å². The minimum absolute atomic E-state index is 0.186. The van der Waals surface area contributed by atoms with Crippen LogP contribution in [0.3, 0.4) is 0 Å². The topological polar surface area (TPSA) is 40.5 Å². The quantitative estimate of drug-likeness (QED) is 0.621. The van der Waals surface area contributed by atoms with Crippen molar-refractivity contribution in [1.82, 2.24) is 0 Å². The Balaban J connectivity index is 2.33. The number of aromatic hydroxyl groups is 1. The Labute approximate surface area is 138 Å². The number of benzene rings is 2. The lowest BCUT2D eigenvalue weighted by Gasteiger charge is -2.09. The van der Waals surface area contributed by atoms with E-state index < -0.39 is 14.2 Å². The Hall–Kier alpha value is -2.46. The summed E-state index contributed by atoms with van der Waals surface area (Å²) in [5.74, 6) is 9.20. The van der Waals surface area contributed by atoms with E-state index in [0.717, 1.165) is 11.1 Å². The summed E-state index contributed by atoms with van der Waals surface area (Å²) in [6.45, 7) is 6.42. The average molecular weight is 320 g/mol. The Morgan fingerprint density at radius 2 is 1.70 bits per heavy atom. The molecular weight excluding hydrogens is 300 g/mol. The summed E-state index contributed by atoms with van der Waals surface area (Å²) in [5, 5.41) is 19.8. The highest BCUT2D eigenvalue weighted by molar-refractivity contribution is 6.83. The van der Waals surface area contributed by atoms with Crippen LogP contribution < -0.4 is 0 Å². The molecule has 2 aromatic carbocycles. The first-order chi connectivity index (χ1) is 10.8. The molecule has 23 heavy (non-hydrogen) atoms. The molecule has 0 spiro atoms. The molecule has 2 aromatic rings. The molecule has 0 aromatic heterocycles. The molecule has 1 atom stereocenters. The van der Waals surface area contributed by atoms with E-state index in [0.29, 0.717) is 5.56 Å². The second-order valence-corrected chi connectivity index (χ2v) is 11.1. The number of phenols is 1. The zero-order chi connectivity index (χ0) is 16.9. The van der Waals surface area contributed by atoms with Crippen LogP contribution >= 0.6 is 0 Å². The molecule has 0 aliphatic carbocycles. The molecular formula is C20H20O2Si. The summed E-state index contributed by atoms with van der Waals surface area (Å²) >= 11 is 0. The maximum Gasteiger partial charge on any atom is 0.140 e. The molecule has 2 rings (SSSR count). The zero-order valence-electron chi connectivity index (χ0n) is 13.6. The standard InChI is InChI=1S/C20H20O2Si/c1-23(2,3)14-13-20(22)19-10-5-4-8-17(19)12-11-16-7-6-9-18(21)15-16/h4-10,15,20-22H,1-3H3. The van der Waals surface area contributed by atoms with Gasteiger partial charge in [-0.25, -0.2) is 0 Å². The summed E-state index contributed by atoms with van der Waals surface area (Å²) < 4.78 is 0. The summed E-state index contributed by atoms with van der Waals surface area (Å²) in [6.07, 6.45) is -0.837. The summed E-state index contributed by atoms with van der Waals surface area (Å²) in [7, 11) is -1.53. The number of aliphatic hydroxyl groups is 1. The van der Waals surface area contributed by atoms with Gasteiger partial charge in [0.15, 0.2) is 0 Å². The first kappa shape index (κ1) is 16.9. The van der Waals surface area contributed by atoms with Crippen LogP contribution in [0.5, 0.6) is 5.75 Å². The first-order valence-corrected chi connectivity index (χ1v) is 11.0. The number of hydrogen-bond donors (Lipinski definition) is 2. The molecule has 0 heterocycles. The van der Waals surface area contributed by atoms with Gasteiger partial charge in [-0.2, -0.15) is 0 Å². The fourth-order valence-corrected chi connectivity index (χ4v) is 2.50. The molecule has 0 bridgehead atoms. The molecule has 0 fully saturated rings. The lowest BCUT2D eigenvalue weighted by atomic mass is 10.0. The minimum atomic E-state index is -1.53. The number of hydrogen-bond acceptors (Lipinski definition) is 2. The lowest BCUT2D eigenvalue weighted by Crippen LogP contribution is -2.17. The monoisotopic (exact) mass is 320 g/mol. The molecule has 2 N–H and O–H groups in total. The molecule has 0 aliphatic heterocycles. The van der Waals surface area contributed by atoms with E-state index in [1.165, 1.54) is 0 Å². The van der Waals surface area contributed by atoms with Crippen LogP contribution in [0.15, 0.2) is 48.5 Å². The highest BCUT2D eigenvalue weighted by Gasteiger charge is 2.11. The van der Waals surface area contributed by atoms with Crippen molar-refractivity contribution in [3.8, 4) is 29.1 Å². The molecule has 0 radical (unpaired) electrons. The van der Waals surface area contributed by atoms with Gasteiger partial charge in [0, 0.05) is 16.7 Å². The largest absolute Gasteiger partial charge is 0.508 e. The Morgan fingerprint density at radius 3 is 2.39 bits per heavy atom. The number of aliphatic hydroxyl groups excluding tert-OH is 1. The van der Waals surface area contributed by atoms with Gasteiger partial charge in [0.1, 0.15) is 19.9 Å². The predicted octanol–water partition coefficient (Wildman–Crippen LogP) is 3.71. The zero-order valence-corrected chi connectivity index (χ0v) is 14.6. The highest BCUT2D eigenvalue weighted by atomic mass is 28.3. The Kier molecular flexibility index (Phi) is 5.29. The van der Waals surface area contributed by atoms with E-state index in [-0.39, 0.29) is 5.75 Å². The van der Waals surface area contributed by atoms with E-state index in [2.05, 4.69) is 42.9 Å². The number of phenolic OH excluding ortho intramolecular Hbond substituents is 1. The van der Waals surface area contributed by atoms with E-state index >= 15 is 0 Å². The smallest absolute Gasteiger partial charge is 0.140 e. The Morgan fingerprint density at radius 1 is 0.957 bits per heavy atom. The van der Waals surface area contributed by atoms with E-state index in [9.17, 15) is 10.2 Å². The van der Waals surface area contributed by atoms with Gasteiger partial charge >= 0.3 is 0 Å². The minimum Gasteiger partial charge on any atom is -0.508 e. The predicted molar refractivity (Wildman–Crippen MR) is 96.6 cm³/mol. The van der Waals surface area contributed by atoms with Crippen molar-refractivity contribution in [3.05, 3.63) is 65.2 Å². The van der Waals surface area contributed by atoms with Gasteiger partial charge in [0.2, 0.25) is 0 Å². The molecule has 0 saturated carbocycles. The fraction of sp³-hybridized carbons (Fsp3) is 0.200. The van der Waals surface area contributed by atoms with Crippen LogP contribution in [0.4, 0.5) is 0 Å². The third-order valence-electron chi connectivity index (χ3n) is 3.03. The van der Waals surface area contributed by atoms with Crippen LogP contribution in [0.2, 0.25) is 19.6 Å². The van der Waals surface area contributed by atoms with Gasteiger partial charge < -0.3 is 10.2 Å². The second-order valence-electron chi connectivity index (χ2n) is 6.31. The van der Waals surface area contributed by atoms with Gasteiger partial charge in [0.25, 0.3) is 0 Å². The van der Waals surface area contributed by atoms with Gasteiger partial charge in [-0.1, -0.05) is 61.7 Å². The van der Waals surface area contributed by atoms with Crippen LogP contribution in [0, 0.1) is 23.3 Å². The third kappa shape index (κ3) is 5.34. The van der Waals surface area contributed by atoms with Crippen molar-refractivity contribution < 1.29 is 10.2 Å². The third-order valence-corrected chi connectivity index (χ3v) is 3.92. The highest BCUT2D eigenvalue weighted by Crippen LogP contribution is 2.17. The lowest BCUT2D eigenvalue weighted by molar-refractivity contribution is 0.238. The summed E-state index contributed by atoms with van der Waals surface area (Å²) in [5.41, 5.74) is 5.37. The van der Waals surface area contributed by atoms with Gasteiger partial charge in [-0.3, -0.25) is 0 Å². The van der Waals surface area contributed by atoms with Crippen molar-refractivity contribution >= 4 is 8.07 Å². The van der Waals surface area contributed by atoms with Gasteiger partial charge in [-0.15, -0.1) is 5.54 Å². The van der Waals surface area contributed by atoms with Crippen molar-refractivity contribution in [2.45, 2.75) is 25.7 Å². The Bertz CT molecular complexity index is 811. The maximum absolute atomic E-state index is 10.3. The maximum atomic E-state index is 10.3. The molecule has 0 aliphatic rings. The molecule has 1 unspecified atom stereocenters. The van der Waals surface area contributed by atoms with Crippen molar-refractivity contribution in [2.24, 2.45) is 0 Å². The van der Waals surface area contributed by atoms with E-state index in [1.807, 2.05) is 30.3 Å². The molecule has 0 saturated heterocycles. The van der Waals surface area contributed by atoms with E-state index in [4.69, 9.17) is 0 Å². The van der Waals surface area contributed by atoms with Crippen molar-refractivity contribution in [2.75, 3.05) is 0 Å². The normalized spacial score (nSPS) is 11.7. The summed E-state index contributed by atoms with van der Waals surface area (Å²) in [6, 6.07) is 14.3. The summed E-state index contributed by atoms with van der Waals surface area (Å²) in [4.78, 5) is 0. The second kappa shape index (κ2) is 7.20. The van der Waals surface area contributed by atoms with Crippen LogP contribution in [0.1, 0.15) is 22.8 Å². The molecule has 2 nitrogen and oxygen atoms in total. The average Bonchev–Trinajstić information content (AvgIpc) is 2.50. The molecule has 0 amide bonds. The van der Waals surface area contributed by atoms with Crippen molar-refractivity contribution in [1.29, 1.82) is 0 Å². The molecule has 116 valence electrons. The first-order valence-electron chi connectivity index (χ1n) is 7.46. The van der Waals surface area contributed by atoms with Crippen LogP contribution in [-0.4, -0.2) is 18.3 Å². The van der Waals surface area contributed by atoms with E-state index in [1.54, 1.807) is 18.2 Å².